The van der Waals surface area contributed by atoms with E-state index in [1.165, 1.54) is 9.21 Å². The number of hydrogen-bond donors (Lipinski definition) is 2. The summed E-state index contributed by atoms with van der Waals surface area (Å²) in [6, 6.07) is 5.02. The van der Waals surface area contributed by atoms with E-state index in [9.17, 15) is 13.2 Å². The van der Waals surface area contributed by atoms with Crippen molar-refractivity contribution in [1.82, 2.24) is 18.4 Å². The van der Waals surface area contributed by atoms with Crippen LogP contribution >= 0.6 is 11.7 Å². The number of piperidine rings is 1. The number of aromatic nitrogens is 2. The molecule has 0 spiro atoms. The minimum Gasteiger partial charge on any atom is -0.356 e. The molecule has 0 atom stereocenters. The highest BCUT2D eigenvalue weighted by Crippen LogP contribution is 2.28. The van der Waals surface area contributed by atoms with Gasteiger partial charge in [-0.3, -0.25) is 4.79 Å². The molecule has 1 fully saturated rings. The largest absolute Gasteiger partial charge is 0.356 e. The van der Waals surface area contributed by atoms with Crippen LogP contribution < -0.4 is 10.2 Å². The Morgan fingerprint density at radius 2 is 2.04 bits per heavy atom. The second kappa shape index (κ2) is 8.59. The van der Waals surface area contributed by atoms with Crippen LogP contribution in [0.3, 0.4) is 0 Å². The maximum absolute atomic E-state index is 13.0. The first-order valence-electron chi connectivity index (χ1n) is 9.18. The molecule has 0 saturated carbocycles. The van der Waals surface area contributed by atoms with E-state index in [2.05, 4.69) is 28.2 Å². The normalized spacial score (nSPS) is 16.9. The third-order valence-corrected chi connectivity index (χ3v) is 7.32. The maximum Gasteiger partial charge on any atom is 0.245 e. The molecule has 1 aliphatic heterocycles. The molecule has 3 rings (SSSR count). The molecule has 27 heavy (non-hydrogen) atoms. The predicted molar refractivity (Wildman–Crippen MR) is 104 cm³/mol. The van der Waals surface area contributed by atoms with Gasteiger partial charge in [-0.2, -0.15) is 13.1 Å². The van der Waals surface area contributed by atoms with E-state index < -0.39 is 10.0 Å². The number of benzene rings is 1. The molecule has 0 aliphatic carbocycles. The second-order valence-electron chi connectivity index (χ2n) is 7.17. The summed E-state index contributed by atoms with van der Waals surface area (Å²) >= 11 is 1.01. The van der Waals surface area contributed by atoms with Crippen molar-refractivity contribution in [3.63, 3.8) is 0 Å². The van der Waals surface area contributed by atoms with Crippen LogP contribution in [0.15, 0.2) is 23.1 Å². The predicted octanol–water partition coefficient (Wildman–Crippen LogP) is -0.257. The van der Waals surface area contributed by atoms with Crippen molar-refractivity contribution in [3.8, 4) is 0 Å². The summed E-state index contributed by atoms with van der Waals surface area (Å²) in [5.41, 5.74) is 1.01. The molecule has 8 nitrogen and oxygen atoms in total. The summed E-state index contributed by atoms with van der Waals surface area (Å²) in [6.07, 6.45) is 2.01. The monoisotopic (exact) mass is 412 g/mol. The van der Waals surface area contributed by atoms with E-state index in [1.807, 2.05) is 0 Å². The van der Waals surface area contributed by atoms with Gasteiger partial charge in [0.2, 0.25) is 15.9 Å². The smallest absolute Gasteiger partial charge is 0.245 e. The molecular weight excluding hydrogens is 386 g/mol. The Kier molecular flexibility index (Phi) is 6.40. The van der Waals surface area contributed by atoms with Gasteiger partial charge in [0.25, 0.3) is 0 Å². The lowest BCUT2D eigenvalue weighted by Gasteiger charge is -2.30. The van der Waals surface area contributed by atoms with Gasteiger partial charge in [0.15, 0.2) is 0 Å². The van der Waals surface area contributed by atoms with Crippen molar-refractivity contribution >= 4 is 38.7 Å². The highest BCUT2D eigenvalue weighted by atomic mass is 32.2. The Morgan fingerprint density at radius 1 is 1.30 bits per heavy atom. The number of carbonyl (C=O) groups is 1. The van der Waals surface area contributed by atoms with Crippen LogP contribution in [-0.2, 0) is 14.8 Å². The summed E-state index contributed by atoms with van der Waals surface area (Å²) in [6.45, 7) is 2.36. The van der Waals surface area contributed by atoms with Crippen molar-refractivity contribution in [1.29, 1.82) is 0 Å². The van der Waals surface area contributed by atoms with Gasteiger partial charge < -0.3 is 10.2 Å². The average Bonchev–Trinajstić information content (AvgIpc) is 3.13. The summed E-state index contributed by atoms with van der Waals surface area (Å²) in [5, 5.41) is 2.98. The van der Waals surface area contributed by atoms with Crippen molar-refractivity contribution in [3.05, 3.63) is 18.2 Å². The molecule has 1 aromatic carbocycles. The lowest BCUT2D eigenvalue weighted by Crippen LogP contribution is -3.05. The van der Waals surface area contributed by atoms with Gasteiger partial charge in [-0.25, -0.2) is 8.42 Å². The quantitative estimate of drug-likeness (QED) is 0.611. The van der Waals surface area contributed by atoms with Crippen LogP contribution in [0.25, 0.3) is 11.0 Å². The number of nitrogens with zero attached hydrogens (tertiary/aromatic N) is 3. The van der Waals surface area contributed by atoms with E-state index in [4.69, 9.17) is 0 Å². The van der Waals surface area contributed by atoms with Crippen molar-refractivity contribution in [2.75, 3.05) is 40.3 Å². The van der Waals surface area contributed by atoms with Gasteiger partial charge >= 0.3 is 0 Å². The minimum absolute atomic E-state index is 0.0339. The van der Waals surface area contributed by atoms with Crippen molar-refractivity contribution < 1.29 is 18.1 Å². The van der Waals surface area contributed by atoms with Crippen LogP contribution in [0, 0.1) is 5.92 Å². The molecule has 1 aliphatic rings. The van der Waals surface area contributed by atoms with Crippen LogP contribution in [-0.4, -0.2) is 67.7 Å². The number of amides is 1. The SMILES string of the molecule is C[NH+](C)CCCNC(=O)C1CCN(S(=O)(=O)c2cccc3nsnc23)CC1. The first kappa shape index (κ1) is 20.1. The third-order valence-electron chi connectivity index (χ3n) is 4.84. The van der Waals surface area contributed by atoms with Gasteiger partial charge in [0.05, 0.1) is 32.4 Å². The van der Waals surface area contributed by atoms with Gasteiger partial charge in [-0.05, 0) is 25.0 Å². The Bertz CT molecular complexity index is 889. The van der Waals surface area contributed by atoms with Gasteiger partial charge in [0, 0.05) is 32.0 Å². The topological polar surface area (TPSA) is 96.7 Å². The number of fused-ring (bicyclic) bond motifs is 1. The third kappa shape index (κ3) is 4.63. The van der Waals surface area contributed by atoms with Crippen LogP contribution in [0.5, 0.6) is 0 Å². The number of sulfonamides is 1. The summed E-state index contributed by atoms with van der Waals surface area (Å²) in [7, 11) is 0.532. The summed E-state index contributed by atoms with van der Waals surface area (Å²) < 4.78 is 35.7. The summed E-state index contributed by atoms with van der Waals surface area (Å²) in [4.78, 5) is 13.9. The standard InChI is InChI=1S/C17H25N5O3S2/c1-21(2)10-4-9-18-17(23)13-7-11-22(12-8-13)27(24,25)15-6-3-5-14-16(15)20-26-19-14/h3,5-6,13H,4,7-12H2,1-2H3,(H,18,23)/p+1. The molecule has 0 radical (unpaired) electrons. The Balaban J connectivity index is 1.58. The Labute approximate surface area is 163 Å². The fourth-order valence-corrected chi connectivity index (χ4v) is 5.51. The van der Waals surface area contributed by atoms with Gasteiger partial charge in [0.1, 0.15) is 15.9 Å². The molecule has 10 heteroatoms. The molecule has 1 aromatic heterocycles. The van der Waals surface area contributed by atoms with Crippen molar-refractivity contribution in [2.45, 2.75) is 24.2 Å². The van der Waals surface area contributed by atoms with Gasteiger partial charge in [-0.15, -0.1) is 0 Å². The van der Waals surface area contributed by atoms with E-state index in [1.54, 1.807) is 18.2 Å². The molecule has 2 aromatic rings. The zero-order chi connectivity index (χ0) is 19.4. The molecule has 2 N–H and O–H groups in total. The van der Waals surface area contributed by atoms with E-state index in [-0.39, 0.29) is 16.7 Å². The first-order chi connectivity index (χ1) is 12.9. The molecular formula is C17H26N5O3S2+. The van der Waals surface area contributed by atoms with Gasteiger partial charge in [-0.1, -0.05) is 6.07 Å². The minimum atomic E-state index is -3.64. The lowest BCUT2D eigenvalue weighted by molar-refractivity contribution is -0.858. The van der Waals surface area contributed by atoms with Crippen LogP contribution in [0.1, 0.15) is 19.3 Å². The molecule has 1 amide bonds. The second-order valence-corrected chi connectivity index (χ2v) is 9.60. The van der Waals surface area contributed by atoms with E-state index in [0.717, 1.165) is 24.7 Å². The molecule has 0 unspecified atom stereocenters. The fourth-order valence-electron chi connectivity index (χ4n) is 3.28. The Morgan fingerprint density at radius 3 is 2.74 bits per heavy atom. The van der Waals surface area contributed by atoms with Crippen LogP contribution in [0.4, 0.5) is 0 Å². The lowest BCUT2D eigenvalue weighted by atomic mass is 9.97. The highest BCUT2D eigenvalue weighted by Gasteiger charge is 2.33. The fraction of sp³-hybridized carbons (Fsp3) is 0.588. The zero-order valence-corrected chi connectivity index (χ0v) is 17.3. The highest BCUT2D eigenvalue weighted by molar-refractivity contribution is 7.89. The first-order valence-corrected chi connectivity index (χ1v) is 11.3. The maximum atomic E-state index is 13.0. The molecule has 0 bridgehead atoms. The number of rotatable bonds is 7. The molecule has 1 saturated heterocycles. The zero-order valence-electron chi connectivity index (χ0n) is 15.6. The molecule has 148 valence electrons. The van der Waals surface area contributed by atoms with Crippen LogP contribution in [0.2, 0.25) is 0 Å². The average molecular weight is 413 g/mol. The Hall–Kier alpha value is -1.62. The molecule has 2 heterocycles. The van der Waals surface area contributed by atoms with E-state index >= 15 is 0 Å². The number of quaternary nitrogens is 1. The van der Waals surface area contributed by atoms with Crippen molar-refractivity contribution in [2.24, 2.45) is 5.92 Å². The summed E-state index contributed by atoms with van der Waals surface area (Å²) in [5.74, 6) is -0.0912. The van der Waals surface area contributed by atoms with E-state index in [0.29, 0.717) is 43.5 Å². The number of nitrogens with one attached hydrogen (secondary N) is 2. The number of carbonyl (C=O) groups excluding carboxylic acids is 1. The number of hydrogen-bond acceptors (Lipinski definition) is 6.